The van der Waals surface area contributed by atoms with E-state index in [-0.39, 0.29) is 0 Å². The van der Waals surface area contributed by atoms with E-state index in [1.54, 1.807) is 7.11 Å². The zero-order valence-corrected chi connectivity index (χ0v) is 21.8. The number of nitrogens with zero attached hydrogens (tertiary/aromatic N) is 2. The molecule has 1 aromatic heterocycles. The number of benzene rings is 3. The zero-order valence-electron chi connectivity index (χ0n) is 21.8. The van der Waals surface area contributed by atoms with E-state index in [1.165, 1.54) is 59.7 Å². The Labute approximate surface area is 219 Å². The summed E-state index contributed by atoms with van der Waals surface area (Å²) < 4.78 is 5.38. The normalized spacial score (nSPS) is 14.6. The zero-order chi connectivity index (χ0) is 25.6. The van der Waals surface area contributed by atoms with Crippen LogP contribution in [0.4, 0.5) is 5.82 Å². The first-order chi connectivity index (χ1) is 18.2. The van der Waals surface area contributed by atoms with Crippen molar-refractivity contribution < 1.29 is 9.53 Å². The van der Waals surface area contributed by atoms with Crippen molar-refractivity contribution in [1.82, 2.24) is 9.97 Å². The third-order valence-corrected chi connectivity index (χ3v) is 7.56. The van der Waals surface area contributed by atoms with E-state index >= 15 is 0 Å². The Morgan fingerprint density at radius 1 is 0.946 bits per heavy atom. The number of aromatic nitrogens is 2. The molecular formula is C32H35N3O2. The van der Waals surface area contributed by atoms with Crippen molar-refractivity contribution in [3.05, 3.63) is 83.2 Å². The maximum Gasteiger partial charge on any atom is 0.148 e. The summed E-state index contributed by atoms with van der Waals surface area (Å²) >= 11 is 0. The summed E-state index contributed by atoms with van der Waals surface area (Å²) in [5.41, 5.74) is 7.00. The average molecular weight is 494 g/mol. The highest BCUT2D eigenvalue weighted by Gasteiger charge is 2.26. The van der Waals surface area contributed by atoms with Gasteiger partial charge in [-0.2, -0.15) is 0 Å². The van der Waals surface area contributed by atoms with Gasteiger partial charge in [0.15, 0.2) is 0 Å². The molecule has 0 atom stereocenters. The largest absolute Gasteiger partial charge is 0.497 e. The minimum atomic E-state index is 0.505. The molecular weight excluding hydrogens is 458 g/mol. The Bertz CT molecular complexity index is 1390. The smallest absolute Gasteiger partial charge is 0.148 e. The van der Waals surface area contributed by atoms with E-state index in [9.17, 15) is 4.79 Å². The number of ether oxygens (including phenoxy) is 1. The molecule has 1 saturated carbocycles. The Morgan fingerprint density at radius 3 is 2.51 bits per heavy atom. The van der Waals surface area contributed by atoms with Crippen LogP contribution in [0.2, 0.25) is 0 Å². The van der Waals surface area contributed by atoms with Crippen molar-refractivity contribution in [2.24, 2.45) is 0 Å². The van der Waals surface area contributed by atoms with Crippen LogP contribution in [0.3, 0.4) is 0 Å². The summed E-state index contributed by atoms with van der Waals surface area (Å²) in [7, 11) is 3.68. The van der Waals surface area contributed by atoms with Crippen LogP contribution < -0.4 is 10.1 Å². The van der Waals surface area contributed by atoms with Crippen molar-refractivity contribution in [3.8, 4) is 17.0 Å². The van der Waals surface area contributed by atoms with Crippen LogP contribution in [0.1, 0.15) is 60.5 Å². The number of methoxy groups -OCH3 is 1. The van der Waals surface area contributed by atoms with Gasteiger partial charge >= 0.3 is 0 Å². The summed E-state index contributed by atoms with van der Waals surface area (Å²) in [5.74, 6) is 2.45. The van der Waals surface area contributed by atoms with Crippen LogP contribution >= 0.6 is 0 Å². The summed E-state index contributed by atoms with van der Waals surface area (Å²) in [6.07, 6.45) is 9.82. The number of anilines is 1. The lowest BCUT2D eigenvalue weighted by Gasteiger charge is -2.26. The summed E-state index contributed by atoms with van der Waals surface area (Å²) in [6, 6.07) is 20.6. The fraction of sp³-hybridized carbons (Fsp3) is 0.344. The molecule has 2 aliphatic carbocycles. The number of fused-ring (bicyclic) bond motifs is 4. The van der Waals surface area contributed by atoms with Gasteiger partial charge in [-0.1, -0.05) is 61.7 Å². The predicted octanol–water partition coefficient (Wildman–Crippen LogP) is 6.92. The molecule has 0 saturated heterocycles. The van der Waals surface area contributed by atoms with Crippen LogP contribution in [-0.2, 0) is 24.1 Å². The minimum absolute atomic E-state index is 0.505. The van der Waals surface area contributed by atoms with Gasteiger partial charge in [-0.3, -0.25) is 0 Å². The molecule has 1 fully saturated rings. The van der Waals surface area contributed by atoms with E-state index in [2.05, 4.69) is 35.6 Å². The molecule has 4 aromatic rings. The molecule has 2 aliphatic rings. The fourth-order valence-electron chi connectivity index (χ4n) is 5.57. The Kier molecular flexibility index (Phi) is 7.79. The molecule has 6 rings (SSSR count). The number of carbonyl (C=O) groups excluding carboxylic acids is 1. The quantitative estimate of drug-likeness (QED) is 0.306. The van der Waals surface area contributed by atoms with E-state index in [1.807, 2.05) is 37.4 Å². The van der Waals surface area contributed by atoms with Gasteiger partial charge in [0.1, 0.15) is 17.9 Å². The highest BCUT2D eigenvalue weighted by atomic mass is 16.5. The molecule has 37 heavy (non-hydrogen) atoms. The Morgan fingerprint density at radius 2 is 1.76 bits per heavy atom. The van der Waals surface area contributed by atoms with Gasteiger partial charge in [0, 0.05) is 24.9 Å². The standard InChI is InChI=1S/C20H25N3O.C12H10O/c1-21-20-18(13-6-4-3-5-7-13)23-19-16-10-9-15(24-2)12-14(16)8-11-17(19)22-20;13-8-7-10-5-6-11-3-1-2-4-12(11)9-10/h9-10,12-13H,3-8,11H2,1-2H3,(H,21,22);1-6,8-9H,7H2. The highest BCUT2D eigenvalue weighted by Crippen LogP contribution is 2.39. The molecule has 0 bridgehead atoms. The number of hydrogen-bond acceptors (Lipinski definition) is 5. The average Bonchev–Trinajstić information content (AvgIpc) is 2.97. The molecule has 1 heterocycles. The van der Waals surface area contributed by atoms with Crippen molar-refractivity contribution in [1.29, 1.82) is 0 Å². The van der Waals surface area contributed by atoms with Crippen LogP contribution in [0, 0.1) is 0 Å². The second-order valence-corrected chi connectivity index (χ2v) is 9.91. The summed E-state index contributed by atoms with van der Waals surface area (Å²) in [5, 5.41) is 5.71. The van der Waals surface area contributed by atoms with Crippen LogP contribution in [0.25, 0.3) is 22.0 Å². The number of aryl methyl sites for hydroxylation is 2. The highest BCUT2D eigenvalue weighted by molar-refractivity contribution is 5.83. The van der Waals surface area contributed by atoms with Crippen molar-refractivity contribution in [2.75, 3.05) is 19.5 Å². The van der Waals surface area contributed by atoms with Gasteiger partial charge in [0.2, 0.25) is 0 Å². The van der Waals surface area contributed by atoms with E-state index in [0.29, 0.717) is 12.3 Å². The number of aldehydes is 1. The van der Waals surface area contributed by atoms with E-state index in [4.69, 9.17) is 14.7 Å². The third kappa shape index (κ3) is 5.51. The lowest BCUT2D eigenvalue weighted by atomic mass is 9.85. The maximum atomic E-state index is 10.3. The fourth-order valence-corrected chi connectivity index (χ4v) is 5.57. The number of carbonyl (C=O) groups is 1. The Balaban J connectivity index is 0.000000182. The summed E-state index contributed by atoms with van der Waals surface area (Å²) in [4.78, 5) is 20.4. The second-order valence-electron chi connectivity index (χ2n) is 9.91. The molecule has 5 nitrogen and oxygen atoms in total. The molecule has 190 valence electrons. The van der Waals surface area contributed by atoms with E-state index in [0.717, 1.165) is 47.6 Å². The molecule has 0 amide bonds. The minimum Gasteiger partial charge on any atom is -0.497 e. The van der Waals surface area contributed by atoms with Crippen LogP contribution in [0.15, 0.2) is 60.7 Å². The van der Waals surface area contributed by atoms with Gasteiger partial charge in [-0.15, -0.1) is 0 Å². The molecule has 0 unspecified atom stereocenters. The Hall–Kier alpha value is -3.73. The maximum absolute atomic E-state index is 10.3. The molecule has 1 N–H and O–H groups in total. The van der Waals surface area contributed by atoms with Gasteiger partial charge in [0.25, 0.3) is 0 Å². The number of rotatable bonds is 5. The van der Waals surface area contributed by atoms with Crippen molar-refractivity contribution >= 4 is 22.9 Å². The van der Waals surface area contributed by atoms with Gasteiger partial charge in [-0.05, 0) is 65.8 Å². The molecule has 0 spiro atoms. The van der Waals surface area contributed by atoms with Gasteiger partial charge in [0.05, 0.1) is 24.2 Å². The second kappa shape index (κ2) is 11.5. The van der Waals surface area contributed by atoms with Crippen LogP contribution in [-0.4, -0.2) is 30.4 Å². The van der Waals surface area contributed by atoms with Crippen LogP contribution in [0.5, 0.6) is 5.75 Å². The third-order valence-electron chi connectivity index (χ3n) is 7.56. The number of hydrogen-bond donors (Lipinski definition) is 1. The van der Waals surface area contributed by atoms with Crippen molar-refractivity contribution in [2.45, 2.75) is 57.3 Å². The predicted molar refractivity (Wildman–Crippen MR) is 151 cm³/mol. The van der Waals surface area contributed by atoms with Crippen molar-refractivity contribution in [3.63, 3.8) is 0 Å². The molecule has 5 heteroatoms. The monoisotopic (exact) mass is 493 g/mol. The topological polar surface area (TPSA) is 64.1 Å². The summed E-state index contributed by atoms with van der Waals surface area (Å²) in [6.45, 7) is 0. The number of nitrogens with one attached hydrogen (secondary N) is 1. The lowest BCUT2D eigenvalue weighted by Crippen LogP contribution is -2.16. The molecule has 3 aromatic carbocycles. The van der Waals surface area contributed by atoms with E-state index < -0.39 is 0 Å². The van der Waals surface area contributed by atoms with Gasteiger partial charge < -0.3 is 14.8 Å². The molecule has 0 radical (unpaired) electrons. The first-order valence-corrected chi connectivity index (χ1v) is 13.4. The lowest BCUT2D eigenvalue weighted by molar-refractivity contribution is -0.107. The first kappa shape index (κ1) is 24.9. The molecule has 0 aliphatic heterocycles. The first-order valence-electron chi connectivity index (χ1n) is 13.4. The van der Waals surface area contributed by atoms with Gasteiger partial charge in [-0.25, -0.2) is 9.97 Å². The SMILES string of the molecule is CNc1nc2c(nc1C1CCCCC1)-c1ccc(OC)cc1CC2.O=CCc1ccc2ccccc2c1.